The zero-order chi connectivity index (χ0) is 17.5. The van der Waals surface area contributed by atoms with Crippen molar-refractivity contribution in [3.05, 3.63) is 96.1 Å². The molecule has 0 N–H and O–H groups in total. The maximum absolute atomic E-state index is 12.1. The Morgan fingerprint density at radius 2 is 1.40 bits per heavy atom. The van der Waals surface area contributed by atoms with Crippen molar-refractivity contribution in [2.45, 2.75) is 11.5 Å². The number of ether oxygens (including phenoxy) is 1. The van der Waals surface area contributed by atoms with E-state index in [1.807, 2.05) is 30.3 Å². The summed E-state index contributed by atoms with van der Waals surface area (Å²) in [6.45, 7) is 0.483. The molecule has 0 amide bonds. The fourth-order valence-electron chi connectivity index (χ4n) is 2.17. The van der Waals surface area contributed by atoms with Crippen molar-refractivity contribution in [3.8, 4) is 5.75 Å². The minimum atomic E-state index is -3.68. The molecule has 0 saturated heterocycles. The third-order valence-electron chi connectivity index (χ3n) is 3.51. The molecule has 25 heavy (non-hydrogen) atoms. The Morgan fingerprint density at radius 3 is 2.04 bits per heavy atom. The van der Waals surface area contributed by atoms with Crippen LogP contribution in [-0.2, 0) is 16.6 Å². The molecule has 0 aliphatic heterocycles. The molecule has 0 saturated carbocycles. The van der Waals surface area contributed by atoms with Crippen molar-refractivity contribution in [1.29, 1.82) is 0 Å². The van der Waals surface area contributed by atoms with Gasteiger partial charge >= 0.3 is 0 Å². The second-order valence-electron chi connectivity index (χ2n) is 5.37. The molecule has 0 bridgehead atoms. The van der Waals surface area contributed by atoms with Gasteiger partial charge in [-0.2, -0.15) is 12.8 Å². The number of rotatable bonds is 6. The van der Waals surface area contributed by atoms with Crippen LogP contribution in [0.3, 0.4) is 0 Å². The fourth-order valence-corrected chi connectivity index (χ4v) is 3.06. The van der Waals surface area contributed by atoms with Crippen LogP contribution >= 0.6 is 0 Å². The van der Waals surface area contributed by atoms with Crippen LogP contribution in [0, 0.1) is 0 Å². The molecule has 3 rings (SSSR count). The summed E-state index contributed by atoms with van der Waals surface area (Å²) in [5.41, 5.74) is 1.77. The molecule has 126 valence electrons. The summed E-state index contributed by atoms with van der Waals surface area (Å²) < 4.78 is 33.6. The van der Waals surface area contributed by atoms with Gasteiger partial charge in [0.05, 0.1) is 4.90 Å². The Balaban J connectivity index is 1.64. The summed E-state index contributed by atoms with van der Waals surface area (Å²) in [6.07, 6.45) is 1.34. The lowest BCUT2D eigenvalue weighted by molar-refractivity contribution is 0.306. The SMILES string of the molecule is O=S(=O)(/N=C\c1ccc(OCc2ccccc2)cc1)c1ccccc1. The van der Waals surface area contributed by atoms with Crippen molar-refractivity contribution in [3.63, 3.8) is 0 Å². The Labute approximate surface area is 147 Å². The van der Waals surface area contributed by atoms with E-state index < -0.39 is 10.0 Å². The van der Waals surface area contributed by atoms with Crippen LogP contribution in [0.2, 0.25) is 0 Å². The maximum atomic E-state index is 12.1. The van der Waals surface area contributed by atoms with Gasteiger partial charge in [0.2, 0.25) is 0 Å². The average Bonchev–Trinajstić information content (AvgIpc) is 2.67. The number of sulfonamides is 1. The van der Waals surface area contributed by atoms with Gasteiger partial charge in [-0.15, -0.1) is 0 Å². The molecule has 0 aliphatic rings. The van der Waals surface area contributed by atoms with E-state index in [1.54, 1.807) is 42.5 Å². The largest absolute Gasteiger partial charge is 0.489 e. The number of nitrogens with zero attached hydrogens (tertiary/aromatic N) is 1. The van der Waals surface area contributed by atoms with E-state index in [0.29, 0.717) is 17.9 Å². The Hall–Kier alpha value is -2.92. The predicted molar refractivity (Wildman–Crippen MR) is 98.4 cm³/mol. The molecule has 0 aromatic heterocycles. The molecule has 0 aliphatic carbocycles. The summed E-state index contributed by atoms with van der Waals surface area (Å²) in [5.74, 6) is 0.715. The van der Waals surface area contributed by atoms with E-state index in [2.05, 4.69) is 4.40 Å². The van der Waals surface area contributed by atoms with Crippen molar-refractivity contribution in [2.75, 3.05) is 0 Å². The van der Waals surface area contributed by atoms with Gasteiger partial charge in [-0.1, -0.05) is 48.5 Å². The molecule has 0 atom stereocenters. The van der Waals surface area contributed by atoms with Crippen LogP contribution in [0.5, 0.6) is 5.75 Å². The molecule has 0 heterocycles. The van der Waals surface area contributed by atoms with Crippen molar-refractivity contribution < 1.29 is 13.2 Å². The van der Waals surface area contributed by atoms with Gasteiger partial charge in [0, 0.05) is 6.21 Å². The van der Waals surface area contributed by atoms with E-state index in [1.165, 1.54) is 18.3 Å². The number of hydrogen-bond acceptors (Lipinski definition) is 3. The molecule has 0 radical (unpaired) electrons. The minimum Gasteiger partial charge on any atom is -0.489 e. The lowest BCUT2D eigenvalue weighted by Gasteiger charge is -2.06. The first-order valence-electron chi connectivity index (χ1n) is 7.76. The first-order valence-corrected chi connectivity index (χ1v) is 9.20. The van der Waals surface area contributed by atoms with Crippen molar-refractivity contribution >= 4 is 16.2 Å². The summed E-state index contributed by atoms with van der Waals surface area (Å²) in [6, 6.07) is 25.1. The molecular weight excluding hydrogens is 334 g/mol. The van der Waals surface area contributed by atoms with Gasteiger partial charge in [-0.05, 0) is 47.5 Å². The molecule has 0 fully saturated rings. The molecule has 5 heteroatoms. The molecule has 3 aromatic rings. The van der Waals surface area contributed by atoms with Gasteiger partial charge in [0.15, 0.2) is 0 Å². The zero-order valence-corrected chi connectivity index (χ0v) is 14.3. The second-order valence-corrected chi connectivity index (χ2v) is 7.00. The molecule has 3 aromatic carbocycles. The van der Waals surface area contributed by atoms with Crippen LogP contribution in [0.15, 0.2) is 94.2 Å². The minimum absolute atomic E-state index is 0.175. The van der Waals surface area contributed by atoms with E-state index >= 15 is 0 Å². The van der Waals surface area contributed by atoms with E-state index in [4.69, 9.17) is 4.74 Å². The van der Waals surface area contributed by atoms with Gasteiger partial charge in [-0.3, -0.25) is 0 Å². The molecule has 0 spiro atoms. The standard InChI is InChI=1S/C20H17NO3S/c22-25(23,20-9-5-2-6-10-20)21-15-17-11-13-19(14-12-17)24-16-18-7-3-1-4-8-18/h1-15H,16H2/b21-15-. The lowest BCUT2D eigenvalue weighted by atomic mass is 10.2. The Morgan fingerprint density at radius 1 is 0.800 bits per heavy atom. The summed E-state index contributed by atoms with van der Waals surface area (Å²) in [7, 11) is -3.68. The summed E-state index contributed by atoms with van der Waals surface area (Å²) in [4.78, 5) is 0.175. The van der Waals surface area contributed by atoms with E-state index in [-0.39, 0.29) is 4.90 Å². The van der Waals surface area contributed by atoms with Gasteiger partial charge in [0.1, 0.15) is 12.4 Å². The monoisotopic (exact) mass is 351 g/mol. The molecule has 4 nitrogen and oxygen atoms in total. The first-order chi connectivity index (χ1) is 12.1. The molecule has 0 unspecified atom stereocenters. The van der Waals surface area contributed by atoms with Crippen molar-refractivity contribution in [2.24, 2.45) is 4.40 Å². The second kappa shape index (κ2) is 7.77. The van der Waals surface area contributed by atoms with Crippen molar-refractivity contribution in [1.82, 2.24) is 0 Å². The summed E-state index contributed by atoms with van der Waals surface area (Å²) in [5, 5.41) is 0. The highest BCUT2D eigenvalue weighted by molar-refractivity contribution is 7.90. The molecular formula is C20H17NO3S. The normalized spacial score (nSPS) is 11.5. The predicted octanol–water partition coefficient (Wildman–Crippen LogP) is 4.07. The quantitative estimate of drug-likeness (QED) is 0.629. The smallest absolute Gasteiger partial charge is 0.282 e. The fraction of sp³-hybridized carbons (Fsp3) is 0.0500. The lowest BCUT2D eigenvalue weighted by Crippen LogP contribution is -1.97. The summed E-state index contributed by atoms with van der Waals surface area (Å²) >= 11 is 0. The van der Waals surface area contributed by atoms with E-state index in [9.17, 15) is 8.42 Å². The highest BCUT2D eigenvalue weighted by atomic mass is 32.2. The zero-order valence-electron chi connectivity index (χ0n) is 13.4. The van der Waals surface area contributed by atoms with Crippen LogP contribution in [-0.4, -0.2) is 14.6 Å². The maximum Gasteiger partial charge on any atom is 0.282 e. The Kier molecular flexibility index (Phi) is 5.26. The van der Waals surface area contributed by atoms with Gasteiger partial charge in [-0.25, -0.2) is 0 Å². The van der Waals surface area contributed by atoms with Crippen LogP contribution in [0.25, 0.3) is 0 Å². The van der Waals surface area contributed by atoms with Gasteiger partial charge < -0.3 is 4.74 Å². The van der Waals surface area contributed by atoms with Crippen LogP contribution in [0.4, 0.5) is 0 Å². The average molecular weight is 351 g/mol. The third kappa shape index (κ3) is 4.78. The Bertz CT molecular complexity index is 935. The van der Waals surface area contributed by atoms with E-state index in [0.717, 1.165) is 5.56 Å². The highest BCUT2D eigenvalue weighted by Gasteiger charge is 2.10. The first kappa shape index (κ1) is 16.9. The number of hydrogen-bond donors (Lipinski definition) is 0. The van der Waals surface area contributed by atoms with Crippen LogP contribution in [0.1, 0.15) is 11.1 Å². The number of benzene rings is 3. The van der Waals surface area contributed by atoms with Gasteiger partial charge in [0.25, 0.3) is 10.0 Å². The third-order valence-corrected chi connectivity index (χ3v) is 4.76. The highest BCUT2D eigenvalue weighted by Crippen LogP contribution is 2.15. The van der Waals surface area contributed by atoms with Crippen LogP contribution < -0.4 is 4.74 Å². The topological polar surface area (TPSA) is 55.7 Å².